The number of esters is 1. The van der Waals surface area contributed by atoms with Gasteiger partial charge in [0.2, 0.25) is 5.76 Å². The van der Waals surface area contributed by atoms with Crippen LogP contribution in [0.2, 0.25) is 0 Å². The molecule has 1 atom stereocenters. The second-order valence-electron chi connectivity index (χ2n) is 7.81. The number of aryl methyl sites for hydroxylation is 1. The topological polar surface area (TPSA) is 119 Å². The number of ether oxygens (including phenoxy) is 2. The van der Waals surface area contributed by atoms with Gasteiger partial charge in [0.1, 0.15) is 10.5 Å². The van der Waals surface area contributed by atoms with Crippen molar-refractivity contribution in [3.05, 3.63) is 80.1 Å². The second kappa shape index (κ2) is 8.55. The highest BCUT2D eigenvalue weighted by molar-refractivity contribution is 7.17. The Morgan fingerprint density at radius 2 is 2.00 bits per heavy atom. The summed E-state index contributed by atoms with van der Waals surface area (Å²) in [6.07, 6.45) is 0. The zero-order chi connectivity index (χ0) is 24.9. The summed E-state index contributed by atoms with van der Waals surface area (Å²) in [6.45, 7) is 3.54. The molecule has 35 heavy (non-hydrogen) atoms. The number of nitrogens with zero attached hydrogens (tertiary/aromatic N) is 2. The summed E-state index contributed by atoms with van der Waals surface area (Å²) in [5.41, 5.74) is 0.982. The lowest BCUT2D eigenvalue weighted by molar-refractivity contribution is 0.0531. The Morgan fingerprint density at radius 1 is 1.23 bits per heavy atom. The fourth-order valence-electron chi connectivity index (χ4n) is 4.17. The fourth-order valence-corrected chi connectivity index (χ4v) is 5.16. The van der Waals surface area contributed by atoms with Crippen LogP contribution >= 0.6 is 11.3 Å². The first-order chi connectivity index (χ1) is 16.8. The van der Waals surface area contributed by atoms with Gasteiger partial charge in [-0.25, -0.2) is 9.78 Å². The standard InChI is InChI=1S/C25H20N2O7S/c1-4-33-24(31)22-12(2)26-25(35-22)27-19(13-9-10-15(28)17(11-13)32-3)18-20(29)14-7-5-6-8-16(14)34-21(18)23(27)30/h5-11,19,28H,4H2,1-3H3/t19-/m0/s1. The van der Waals surface area contributed by atoms with Gasteiger partial charge in [-0.1, -0.05) is 29.5 Å². The summed E-state index contributed by atoms with van der Waals surface area (Å²) in [5.74, 6) is -1.12. The molecular weight excluding hydrogens is 472 g/mol. The highest BCUT2D eigenvalue weighted by atomic mass is 32.1. The van der Waals surface area contributed by atoms with Crippen molar-refractivity contribution in [1.29, 1.82) is 0 Å². The summed E-state index contributed by atoms with van der Waals surface area (Å²) in [7, 11) is 1.40. The number of carbonyl (C=O) groups excluding carboxylic acids is 2. The number of methoxy groups -OCH3 is 1. The molecule has 0 unspecified atom stereocenters. The van der Waals surface area contributed by atoms with E-state index in [0.717, 1.165) is 11.3 Å². The van der Waals surface area contributed by atoms with Gasteiger partial charge >= 0.3 is 5.97 Å². The number of carbonyl (C=O) groups is 2. The van der Waals surface area contributed by atoms with E-state index in [4.69, 9.17) is 13.9 Å². The summed E-state index contributed by atoms with van der Waals surface area (Å²) >= 11 is 0.996. The third-order valence-electron chi connectivity index (χ3n) is 5.75. The van der Waals surface area contributed by atoms with E-state index in [1.54, 1.807) is 50.2 Å². The number of phenolic OH excluding ortho intramolecular Hbond substituents is 1. The summed E-state index contributed by atoms with van der Waals surface area (Å²) in [5, 5.41) is 10.7. The van der Waals surface area contributed by atoms with Gasteiger partial charge < -0.3 is 19.0 Å². The van der Waals surface area contributed by atoms with E-state index >= 15 is 0 Å². The van der Waals surface area contributed by atoms with E-state index in [2.05, 4.69) is 4.98 Å². The van der Waals surface area contributed by atoms with Gasteiger partial charge in [-0.3, -0.25) is 14.5 Å². The van der Waals surface area contributed by atoms with Gasteiger partial charge in [-0.15, -0.1) is 0 Å². The number of phenols is 1. The molecule has 0 fully saturated rings. The van der Waals surface area contributed by atoms with Crippen LogP contribution in [-0.2, 0) is 4.74 Å². The minimum absolute atomic E-state index is 0.0902. The van der Waals surface area contributed by atoms with Gasteiger partial charge in [0.05, 0.1) is 36.4 Å². The molecule has 5 rings (SSSR count). The Kier molecular flexibility index (Phi) is 5.52. The highest BCUT2D eigenvalue weighted by Gasteiger charge is 2.45. The number of hydrogen-bond acceptors (Lipinski definition) is 9. The average molecular weight is 493 g/mol. The van der Waals surface area contributed by atoms with Crippen LogP contribution in [0.15, 0.2) is 51.7 Å². The predicted octanol–water partition coefficient (Wildman–Crippen LogP) is 4.20. The maximum atomic E-state index is 13.7. The van der Waals surface area contributed by atoms with Crippen molar-refractivity contribution >= 4 is 39.3 Å². The van der Waals surface area contributed by atoms with E-state index in [0.29, 0.717) is 16.6 Å². The molecule has 3 heterocycles. The first kappa shape index (κ1) is 22.6. The Balaban J connectivity index is 1.76. The zero-order valence-corrected chi connectivity index (χ0v) is 19.8. The number of aromatic nitrogens is 1. The van der Waals surface area contributed by atoms with E-state index in [1.165, 1.54) is 18.1 Å². The third kappa shape index (κ3) is 3.53. The van der Waals surface area contributed by atoms with Crippen LogP contribution in [-0.4, -0.2) is 35.7 Å². The molecule has 2 aromatic heterocycles. The Morgan fingerprint density at radius 3 is 2.74 bits per heavy atom. The third-order valence-corrected chi connectivity index (χ3v) is 6.89. The lowest BCUT2D eigenvalue weighted by atomic mass is 9.98. The van der Waals surface area contributed by atoms with Crippen LogP contribution in [0, 0.1) is 6.92 Å². The molecule has 0 saturated carbocycles. The molecule has 9 nitrogen and oxygen atoms in total. The normalized spacial score (nSPS) is 14.9. The van der Waals surface area contributed by atoms with Crippen molar-refractivity contribution in [2.24, 2.45) is 0 Å². The molecule has 4 aromatic rings. The van der Waals surface area contributed by atoms with Crippen molar-refractivity contribution in [3.63, 3.8) is 0 Å². The maximum absolute atomic E-state index is 13.7. The lowest BCUT2D eigenvalue weighted by Gasteiger charge is -2.23. The van der Waals surface area contributed by atoms with Crippen molar-refractivity contribution in [2.75, 3.05) is 18.6 Å². The number of anilines is 1. The monoisotopic (exact) mass is 492 g/mol. The molecule has 0 aliphatic carbocycles. The number of hydrogen-bond donors (Lipinski definition) is 1. The van der Waals surface area contributed by atoms with Crippen molar-refractivity contribution in [2.45, 2.75) is 19.9 Å². The first-order valence-corrected chi connectivity index (χ1v) is 11.6. The van der Waals surface area contributed by atoms with Crippen LogP contribution in [0.25, 0.3) is 11.0 Å². The predicted molar refractivity (Wildman–Crippen MR) is 129 cm³/mol. The molecule has 2 aromatic carbocycles. The number of fused-ring (bicyclic) bond motifs is 2. The SMILES string of the molecule is CCOC(=O)c1sc(N2C(=O)c3oc4ccccc4c(=O)c3[C@@H]2c2ccc(O)c(OC)c2)nc1C. The van der Waals surface area contributed by atoms with Gasteiger partial charge in [0, 0.05) is 0 Å². The van der Waals surface area contributed by atoms with Crippen molar-refractivity contribution in [1.82, 2.24) is 4.98 Å². The van der Waals surface area contributed by atoms with E-state index in [1.807, 2.05) is 0 Å². The number of thiazole rings is 1. The zero-order valence-electron chi connectivity index (χ0n) is 19.0. The molecule has 0 radical (unpaired) electrons. The molecule has 1 aliphatic rings. The van der Waals surface area contributed by atoms with Gasteiger partial charge in [0.25, 0.3) is 5.91 Å². The van der Waals surface area contributed by atoms with Crippen LogP contribution in [0.5, 0.6) is 11.5 Å². The van der Waals surface area contributed by atoms with Gasteiger partial charge in [0.15, 0.2) is 22.1 Å². The van der Waals surface area contributed by atoms with E-state index in [-0.39, 0.29) is 50.5 Å². The number of amides is 1. The van der Waals surface area contributed by atoms with E-state index < -0.39 is 17.9 Å². The average Bonchev–Trinajstić information content (AvgIpc) is 3.37. The van der Waals surface area contributed by atoms with Crippen molar-refractivity contribution < 1.29 is 28.6 Å². The number of para-hydroxylation sites is 1. The van der Waals surface area contributed by atoms with Crippen LogP contribution in [0.3, 0.4) is 0 Å². The smallest absolute Gasteiger partial charge is 0.350 e. The summed E-state index contributed by atoms with van der Waals surface area (Å²) < 4.78 is 16.3. The quantitative estimate of drug-likeness (QED) is 0.412. The Hall–Kier alpha value is -4.18. The largest absolute Gasteiger partial charge is 0.504 e. The van der Waals surface area contributed by atoms with Crippen LogP contribution in [0.4, 0.5) is 5.13 Å². The molecule has 0 bridgehead atoms. The molecule has 178 valence electrons. The lowest BCUT2D eigenvalue weighted by Crippen LogP contribution is -2.29. The minimum Gasteiger partial charge on any atom is -0.504 e. The number of rotatable bonds is 5. The summed E-state index contributed by atoms with van der Waals surface area (Å²) in [6, 6.07) is 10.3. The first-order valence-electron chi connectivity index (χ1n) is 10.8. The molecule has 1 aliphatic heterocycles. The van der Waals surface area contributed by atoms with Gasteiger partial charge in [-0.2, -0.15) is 0 Å². The highest BCUT2D eigenvalue weighted by Crippen LogP contribution is 2.44. The Labute approximate surface area is 203 Å². The fraction of sp³-hybridized carbons (Fsp3) is 0.200. The van der Waals surface area contributed by atoms with Crippen molar-refractivity contribution in [3.8, 4) is 11.5 Å². The van der Waals surface area contributed by atoms with Crippen LogP contribution in [0.1, 0.15) is 50.0 Å². The van der Waals surface area contributed by atoms with Crippen LogP contribution < -0.4 is 15.1 Å². The summed E-state index contributed by atoms with van der Waals surface area (Å²) in [4.78, 5) is 45.7. The minimum atomic E-state index is -0.923. The van der Waals surface area contributed by atoms with E-state index in [9.17, 15) is 19.5 Å². The molecule has 0 saturated heterocycles. The molecule has 1 amide bonds. The molecule has 10 heteroatoms. The second-order valence-corrected chi connectivity index (χ2v) is 8.79. The maximum Gasteiger partial charge on any atom is 0.350 e. The molecular formula is C25H20N2O7S. The van der Waals surface area contributed by atoms with Gasteiger partial charge in [-0.05, 0) is 43.7 Å². The Bertz CT molecular complexity index is 1560. The number of benzene rings is 2. The molecule has 0 spiro atoms. The molecule has 1 N–H and O–H groups in total. The number of aromatic hydroxyl groups is 1.